The summed E-state index contributed by atoms with van der Waals surface area (Å²) in [6.07, 6.45) is 5.50. The Morgan fingerprint density at radius 3 is 2.42 bits per heavy atom. The lowest BCUT2D eigenvalue weighted by molar-refractivity contribution is 0.276. The summed E-state index contributed by atoms with van der Waals surface area (Å²) in [6.45, 7) is 11.7. The highest BCUT2D eigenvalue weighted by molar-refractivity contribution is 6.74. The molecule has 0 fully saturated rings. The SMILES string of the molecule is Cn1cc(-c2cnc3ccc4ccc(CO[Si](C)(C)C(C)(C)C)cc4c(=O)c3c2)cn1. The number of hydrogen-bond donors (Lipinski definition) is 0. The van der Waals surface area contributed by atoms with E-state index in [1.807, 2.05) is 49.6 Å². The van der Waals surface area contributed by atoms with E-state index in [0.717, 1.165) is 22.1 Å². The molecule has 2 aromatic heterocycles. The standard InChI is InChI=1S/C25H29N3O2Si/c1-25(2,3)31(5,6)30-16-17-7-8-18-9-10-23-22(24(29)21(18)11-17)12-19(13-26-23)20-14-27-28(4)15-20/h7-15H,16H2,1-6H3. The van der Waals surface area contributed by atoms with Crippen LogP contribution < -0.4 is 5.43 Å². The molecule has 5 nitrogen and oxygen atoms in total. The fraction of sp³-hybridized carbons (Fsp3) is 0.320. The third-order valence-electron chi connectivity index (χ3n) is 6.39. The van der Waals surface area contributed by atoms with E-state index in [9.17, 15) is 4.79 Å². The van der Waals surface area contributed by atoms with Crippen molar-refractivity contribution in [2.24, 2.45) is 7.05 Å². The van der Waals surface area contributed by atoms with Gasteiger partial charge in [0.2, 0.25) is 0 Å². The third kappa shape index (κ3) is 4.18. The molecule has 0 unspecified atom stereocenters. The zero-order valence-electron chi connectivity index (χ0n) is 19.1. The van der Waals surface area contributed by atoms with Crippen LogP contribution in [0.2, 0.25) is 18.1 Å². The van der Waals surface area contributed by atoms with Crippen molar-refractivity contribution >= 4 is 30.0 Å². The molecule has 4 rings (SSSR count). The summed E-state index contributed by atoms with van der Waals surface area (Å²) in [5, 5.41) is 6.58. The molecule has 4 aromatic rings. The zero-order valence-corrected chi connectivity index (χ0v) is 20.1. The molecule has 0 aliphatic rings. The molecule has 0 aliphatic carbocycles. The smallest absolute Gasteiger partial charge is 0.195 e. The van der Waals surface area contributed by atoms with E-state index < -0.39 is 8.32 Å². The monoisotopic (exact) mass is 431 g/mol. The quantitative estimate of drug-likeness (QED) is 0.391. The van der Waals surface area contributed by atoms with Gasteiger partial charge in [-0.3, -0.25) is 14.5 Å². The van der Waals surface area contributed by atoms with E-state index in [2.05, 4.69) is 43.9 Å². The highest BCUT2D eigenvalue weighted by atomic mass is 28.4. The first kappa shape index (κ1) is 21.4. The largest absolute Gasteiger partial charge is 0.413 e. The zero-order chi connectivity index (χ0) is 22.4. The summed E-state index contributed by atoms with van der Waals surface area (Å²) in [6, 6.07) is 11.8. The highest BCUT2D eigenvalue weighted by Gasteiger charge is 2.37. The summed E-state index contributed by atoms with van der Waals surface area (Å²) < 4.78 is 8.12. The Kier molecular flexibility index (Phi) is 5.31. The van der Waals surface area contributed by atoms with Crippen LogP contribution in [-0.2, 0) is 18.1 Å². The first-order valence-corrected chi connectivity index (χ1v) is 13.4. The molecule has 6 heteroatoms. The van der Waals surface area contributed by atoms with Crippen molar-refractivity contribution in [3.05, 3.63) is 70.8 Å². The van der Waals surface area contributed by atoms with Crippen LogP contribution in [0.1, 0.15) is 26.3 Å². The minimum atomic E-state index is -1.87. The number of aromatic nitrogens is 3. The number of fused-ring (bicyclic) bond motifs is 2. The molecule has 0 bridgehead atoms. The van der Waals surface area contributed by atoms with Gasteiger partial charge < -0.3 is 4.43 Å². The van der Waals surface area contributed by atoms with Crippen molar-refractivity contribution in [1.82, 2.24) is 14.8 Å². The lowest BCUT2D eigenvalue weighted by atomic mass is 10.1. The van der Waals surface area contributed by atoms with Crippen LogP contribution in [0, 0.1) is 0 Å². The molecule has 0 N–H and O–H groups in total. The molecule has 0 amide bonds. The lowest BCUT2D eigenvalue weighted by Gasteiger charge is -2.36. The normalized spacial score (nSPS) is 12.6. The van der Waals surface area contributed by atoms with Crippen molar-refractivity contribution < 1.29 is 4.43 Å². The Bertz CT molecular complexity index is 1340. The average Bonchev–Trinajstić information content (AvgIpc) is 3.10. The van der Waals surface area contributed by atoms with E-state index >= 15 is 0 Å². The molecule has 0 atom stereocenters. The fourth-order valence-electron chi connectivity index (χ4n) is 3.35. The Morgan fingerprint density at radius 2 is 1.74 bits per heavy atom. The predicted octanol–water partition coefficient (Wildman–Crippen LogP) is 5.67. The second-order valence-corrected chi connectivity index (χ2v) is 14.5. The van der Waals surface area contributed by atoms with Crippen LogP contribution in [0.3, 0.4) is 0 Å². The molecule has 0 aliphatic heterocycles. The van der Waals surface area contributed by atoms with Crippen molar-refractivity contribution in [3.63, 3.8) is 0 Å². The van der Waals surface area contributed by atoms with Gasteiger partial charge in [-0.1, -0.05) is 39.0 Å². The maximum absolute atomic E-state index is 13.5. The molecular weight excluding hydrogens is 402 g/mol. The number of hydrogen-bond acceptors (Lipinski definition) is 4. The molecule has 160 valence electrons. The van der Waals surface area contributed by atoms with Gasteiger partial charge in [0, 0.05) is 41.3 Å². The first-order chi connectivity index (χ1) is 14.5. The predicted molar refractivity (Wildman–Crippen MR) is 130 cm³/mol. The van der Waals surface area contributed by atoms with Gasteiger partial charge in [-0.2, -0.15) is 5.10 Å². The van der Waals surface area contributed by atoms with Crippen LogP contribution in [0.5, 0.6) is 0 Å². The van der Waals surface area contributed by atoms with Crippen LogP contribution >= 0.6 is 0 Å². The molecule has 0 saturated heterocycles. The van der Waals surface area contributed by atoms with Gasteiger partial charge >= 0.3 is 0 Å². The minimum Gasteiger partial charge on any atom is -0.413 e. The Labute approximate surface area is 183 Å². The van der Waals surface area contributed by atoms with Crippen molar-refractivity contribution in [2.45, 2.75) is 45.5 Å². The second kappa shape index (κ2) is 7.69. The summed E-state index contributed by atoms with van der Waals surface area (Å²) >= 11 is 0. The van der Waals surface area contributed by atoms with E-state index in [1.54, 1.807) is 17.1 Å². The van der Waals surface area contributed by atoms with Crippen LogP contribution in [0.4, 0.5) is 0 Å². The molecule has 0 saturated carbocycles. The van der Waals surface area contributed by atoms with Gasteiger partial charge in [-0.25, -0.2) is 0 Å². The maximum Gasteiger partial charge on any atom is 0.195 e. The van der Waals surface area contributed by atoms with E-state index in [0.29, 0.717) is 22.9 Å². The van der Waals surface area contributed by atoms with E-state index in [1.165, 1.54) is 0 Å². The summed E-state index contributed by atoms with van der Waals surface area (Å²) in [5.41, 5.74) is 3.52. The summed E-state index contributed by atoms with van der Waals surface area (Å²) in [5.74, 6) is 0. The first-order valence-electron chi connectivity index (χ1n) is 10.5. The maximum atomic E-state index is 13.5. The molecule has 0 spiro atoms. The molecule has 2 aromatic carbocycles. The minimum absolute atomic E-state index is 0.0117. The molecular formula is C25H29N3O2Si. The fourth-order valence-corrected chi connectivity index (χ4v) is 4.31. The molecule has 0 radical (unpaired) electrons. The Morgan fingerprint density at radius 1 is 1.00 bits per heavy atom. The van der Waals surface area contributed by atoms with Gasteiger partial charge in [0.05, 0.1) is 18.3 Å². The molecule has 2 heterocycles. The Hall–Kier alpha value is -2.83. The van der Waals surface area contributed by atoms with Gasteiger partial charge in [-0.15, -0.1) is 0 Å². The van der Waals surface area contributed by atoms with Crippen LogP contribution in [0.15, 0.2) is 59.8 Å². The van der Waals surface area contributed by atoms with Crippen molar-refractivity contribution in [1.29, 1.82) is 0 Å². The summed E-state index contributed by atoms with van der Waals surface area (Å²) in [4.78, 5) is 18.0. The number of rotatable bonds is 4. The van der Waals surface area contributed by atoms with Gasteiger partial charge in [0.1, 0.15) is 0 Å². The Balaban J connectivity index is 1.79. The summed E-state index contributed by atoms with van der Waals surface area (Å²) in [7, 11) is 0.00535. The van der Waals surface area contributed by atoms with Gasteiger partial charge in [0.15, 0.2) is 13.7 Å². The molecule has 31 heavy (non-hydrogen) atoms. The van der Waals surface area contributed by atoms with Gasteiger partial charge in [-0.05, 0) is 47.3 Å². The lowest BCUT2D eigenvalue weighted by Crippen LogP contribution is -2.40. The number of benzene rings is 1. The number of nitrogens with zero attached hydrogens (tertiary/aromatic N) is 3. The van der Waals surface area contributed by atoms with Crippen LogP contribution in [-0.4, -0.2) is 23.1 Å². The number of aryl methyl sites for hydroxylation is 1. The second-order valence-electron chi connectivity index (χ2n) is 9.69. The average molecular weight is 432 g/mol. The van der Waals surface area contributed by atoms with Crippen molar-refractivity contribution in [3.8, 4) is 11.1 Å². The van der Waals surface area contributed by atoms with Crippen LogP contribution in [0.25, 0.3) is 32.8 Å². The number of pyridine rings is 1. The van der Waals surface area contributed by atoms with E-state index in [4.69, 9.17) is 4.43 Å². The topological polar surface area (TPSA) is 57.0 Å². The third-order valence-corrected chi connectivity index (χ3v) is 10.9. The highest BCUT2D eigenvalue weighted by Crippen LogP contribution is 2.37. The van der Waals surface area contributed by atoms with Crippen molar-refractivity contribution in [2.75, 3.05) is 0 Å². The van der Waals surface area contributed by atoms with E-state index in [-0.39, 0.29) is 10.5 Å². The van der Waals surface area contributed by atoms with Gasteiger partial charge in [0.25, 0.3) is 0 Å².